The number of nitrogens with zero attached hydrogens (tertiary/aromatic N) is 8. The smallest absolute Gasteiger partial charge is 0.334 e. The van der Waals surface area contributed by atoms with Crippen molar-refractivity contribution in [3.05, 3.63) is 132 Å². The van der Waals surface area contributed by atoms with Gasteiger partial charge < -0.3 is 29.7 Å². The number of hydrogen-bond donors (Lipinski definition) is 2. The van der Waals surface area contributed by atoms with Crippen molar-refractivity contribution in [1.82, 2.24) is 43.9 Å². The zero-order valence-electron chi connectivity index (χ0n) is 34.6. The molecule has 8 rings (SSSR count). The van der Waals surface area contributed by atoms with E-state index in [4.69, 9.17) is 0 Å². The van der Waals surface area contributed by atoms with Crippen molar-refractivity contribution in [1.29, 1.82) is 0 Å². The summed E-state index contributed by atoms with van der Waals surface area (Å²) < 4.78 is 27.3. The van der Waals surface area contributed by atoms with Gasteiger partial charge in [-0.3, -0.25) is 19.4 Å². The number of pyridine rings is 1. The van der Waals surface area contributed by atoms with E-state index in [1.165, 1.54) is 10.6 Å². The van der Waals surface area contributed by atoms with Crippen LogP contribution >= 0.6 is 0 Å². The Morgan fingerprint density at radius 2 is 1.68 bits per heavy atom. The molecule has 0 unspecified atom stereocenters. The first-order valence-corrected chi connectivity index (χ1v) is 22.3. The largest absolute Gasteiger partial charge is 0.508 e. The van der Waals surface area contributed by atoms with Crippen molar-refractivity contribution in [2.75, 3.05) is 52.1 Å². The second-order valence-electron chi connectivity index (χ2n) is 15.9. The number of sulfonamides is 1. The molecule has 62 heavy (non-hydrogen) atoms. The Kier molecular flexibility index (Phi) is 11.8. The number of aryl methyl sites for hydroxylation is 1. The van der Waals surface area contributed by atoms with Gasteiger partial charge in [0.25, 0.3) is 5.91 Å². The molecule has 3 fully saturated rings. The first kappa shape index (κ1) is 42.1. The molecule has 0 spiro atoms. The Morgan fingerprint density at radius 3 is 2.35 bits per heavy atom. The maximum absolute atomic E-state index is 14.8. The number of hydrogen-bond acceptors (Lipinski definition) is 9. The molecule has 2 aromatic heterocycles. The molecule has 5 amide bonds. The first-order chi connectivity index (χ1) is 29.8. The van der Waals surface area contributed by atoms with Crippen molar-refractivity contribution < 1.29 is 32.7 Å². The molecule has 3 aliphatic rings. The number of carbonyl (C=O) groups excluding carboxylic acids is 4. The maximum Gasteiger partial charge on any atom is 0.334 e. The maximum atomic E-state index is 14.8. The molecule has 322 valence electrons. The van der Waals surface area contributed by atoms with Crippen LogP contribution < -0.4 is 5.32 Å². The van der Waals surface area contributed by atoms with Crippen LogP contribution in [-0.4, -0.2) is 140 Å². The van der Waals surface area contributed by atoms with E-state index in [-0.39, 0.29) is 94.5 Å². The number of para-hydroxylation sites is 1. The van der Waals surface area contributed by atoms with E-state index in [1.54, 1.807) is 67.3 Å². The summed E-state index contributed by atoms with van der Waals surface area (Å²) in [5, 5.41) is 17.2. The SMILES string of the molecule is C=CCN1CC(=O)N2[C@@H](Cc3ccc(O)cc3)C(=O)N(Cc3cccc4c(-c5ccc(C(=O)N6CCN(S(C)(=O)=O)CC6)nc5)cn(C)c34)C[C@@H]2N1C(=O)NCc1ccccc1. The fourth-order valence-corrected chi connectivity index (χ4v) is 9.56. The number of fused-ring (bicyclic) bond motifs is 2. The van der Waals surface area contributed by atoms with Crippen LogP contribution in [0.15, 0.2) is 110 Å². The summed E-state index contributed by atoms with van der Waals surface area (Å²) in [5.74, 6) is -0.738. The molecule has 2 atom stereocenters. The fourth-order valence-electron chi connectivity index (χ4n) is 8.73. The monoisotopic (exact) mass is 859 g/mol. The second-order valence-corrected chi connectivity index (χ2v) is 17.8. The van der Waals surface area contributed by atoms with Gasteiger partial charge in [0.2, 0.25) is 21.8 Å². The van der Waals surface area contributed by atoms with Gasteiger partial charge in [-0.1, -0.05) is 72.8 Å². The van der Waals surface area contributed by atoms with E-state index < -0.39 is 28.3 Å². The van der Waals surface area contributed by atoms with Crippen molar-refractivity contribution in [2.24, 2.45) is 7.05 Å². The number of aromatic nitrogens is 2. The fraction of sp³-hybridized carbons (Fsp3) is 0.311. The Bertz CT molecular complexity index is 2610. The molecule has 0 aliphatic carbocycles. The third-order valence-corrected chi connectivity index (χ3v) is 13.1. The van der Waals surface area contributed by atoms with Crippen LogP contribution in [0.5, 0.6) is 5.75 Å². The molecule has 5 aromatic rings. The van der Waals surface area contributed by atoms with E-state index in [0.29, 0.717) is 0 Å². The zero-order chi connectivity index (χ0) is 43.7. The van der Waals surface area contributed by atoms with Crippen LogP contribution in [-0.2, 0) is 46.2 Å². The van der Waals surface area contributed by atoms with Gasteiger partial charge in [-0.2, -0.15) is 4.31 Å². The molecule has 2 N–H and O–H groups in total. The molecule has 0 saturated carbocycles. The molecule has 3 saturated heterocycles. The summed E-state index contributed by atoms with van der Waals surface area (Å²) >= 11 is 0. The molecule has 3 aliphatic heterocycles. The zero-order valence-corrected chi connectivity index (χ0v) is 35.4. The van der Waals surface area contributed by atoms with Crippen molar-refractivity contribution >= 4 is 44.7 Å². The van der Waals surface area contributed by atoms with Gasteiger partial charge in [0.1, 0.15) is 23.7 Å². The topological polar surface area (TPSA) is 172 Å². The van der Waals surface area contributed by atoms with E-state index in [9.17, 15) is 32.7 Å². The Morgan fingerprint density at radius 1 is 0.935 bits per heavy atom. The average Bonchev–Trinajstić information content (AvgIpc) is 3.61. The normalized spacial score (nSPS) is 18.9. The number of aromatic hydroxyl groups is 1. The predicted octanol–water partition coefficient (Wildman–Crippen LogP) is 3.40. The predicted molar refractivity (Wildman–Crippen MR) is 232 cm³/mol. The lowest BCUT2D eigenvalue weighted by Gasteiger charge is -2.55. The van der Waals surface area contributed by atoms with Gasteiger partial charge in [0.15, 0.2) is 0 Å². The van der Waals surface area contributed by atoms with Crippen LogP contribution in [0.2, 0.25) is 0 Å². The molecule has 0 radical (unpaired) electrons. The molecule has 3 aromatic carbocycles. The summed E-state index contributed by atoms with van der Waals surface area (Å²) in [7, 11) is -1.41. The number of hydrazine groups is 1. The third-order valence-electron chi connectivity index (χ3n) is 11.8. The number of rotatable bonds is 11. The summed E-state index contributed by atoms with van der Waals surface area (Å²) in [6, 6.07) is 24.1. The lowest BCUT2D eigenvalue weighted by molar-refractivity contribution is -0.189. The van der Waals surface area contributed by atoms with Crippen molar-refractivity contribution in [3.63, 3.8) is 0 Å². The lowest BCUT2D eigenvalue weighted by atomic mass is 9.97. The minimum absolute atomic E-state index is 0.0411. The highest BCUT2D eigenvalue weighted by Gasteiger charge is 2.51. The van der Waals surface area contributed by atoms with E-state index in [2.05, 4.69) is 16.9 Å². The number of benzene rings is 3. The third kappa shape index (κ3) is 8.51. The van der Waals surface area contributed by atoms with Crippen molar-refractivity contribution in [2.45, 2.75) is 31.7 Å². The van der Waals surface area contributed by atoms with Gasteiger partial charge in [-0.15, -0.1) is 6.58 Å². The van der Waals surface area contributed by atoms with E-state index in [1.807, 2.05) is 72.4 Å². The number of amides is 5. The number of phenolic OH excluding ortho intramolecular Hbond substituents is 1. The first-order valence-electron chi connectivity index (χ1n) is 20.4. The van der Waals surface area contributed by atoms with Gasteiger partial charge in [0.05, 0.1) is 24.9 Å². The molecule has 16 nitrogen and oxygen atoms in total. The Hall–Kier alpha value is -6.56. The van der Waals surface area contributed by atoms with Crippen LogP contribution in [0.25, 0.3) is 22.0 Å². The number of urea groups is 1. The lowest BCUT2D eigenvalue weighted by Crippen LogP contribution is -2.76. The van der Waals surface area contributed by atoms with E-state index >= 15 is 0 Å². The minimum Gasteiger partial charge on any atom is -0.508 e. The summed E-state index contributed by atoms with van der Waals surface area (Å²) in [6.45, 7) is 5.48. The Balaban J connectivity index is 1.09. The number of carbonyl (C=O) groups is 4. The summed E-state index contributed by atoms with van der Waals surface area (Å²) in [6.07, 6.45) is 5.77. The van der Waals surface area contributed by atoms with Crippen LogP contribution in [0.3, 0.4) is 0 Å². The van der Waals surface area contributed by atoms with Crippen LogP contribution in [0, 0.1) is 0 Å². The van der Waals surface area contributed by atoms with Crippen molar-refractivity contribution in [3.8, 4) is 16.9 Å². The summed E-state index contributed by atoms with van der Waals surface area (Å²) in [5.41, 5.74) is 5.29. The molecular weight excluding hydrogens is 811 g/mol. The molecule has 17 heteroatoms. The highest BCUT2D eigenvalue weighted by Crippen LogP contribution is 2.35. The molecule has 0 bridgehead atoms. The van der Waals surface area contributed by atoms with Crippen LogP contribution in [0.4, 0.5) is 4.79 Å². The number of phenols is 1. The summed E-state index contributed by atoms with van der Waals surface area (Å²) in [4.78, 5) is 65.8. The van der Waals surface area contributed by atoms with Crippen LogP contribution in [0.1, 0.15) is 27.2 Å². The average molecular weight is 860 g/mol. The van der Waals surface area contributed by atoms with Gasteiger partial charge in [-0.25, -0.2) is 23.2 Å². The van der Waals surface area contributed by atoms with Gasteiger partial charge >= 0.3 is 6.03 Å². The highest BCUT2D eigenvalue weighted by atomic mass is 32.2. The van der Waals surface area contributed by atoms with Gasteiger partial charge in [-0.05, 0) is 34.9 Å². The Labute approximate surface area is 360 Å². The minimum atomic E-state index is -3.33. The second kappa shape index (κ2) is 17.4. The molecular formula is C45H49N9O7S. The highest BCUT2D eigenvalue weighted by molar-refractivity contribution is 7.88. The van der Waals surface area contributed by atoms with Gasteiger partial charge in [0, 0.05) is 88.2 Å². The number of nitrogens with one attached hydrogen (secondary N) is 1. The standard InChI is InChI=1S/C45H49N9O7S/c1-4-19-51-30-41(56)53-39(24-31-13-16-35(55)17-14-31)44(58)50(29-40(53)54(51)45(59)47-25-32-9-6-5-7-10-32)27-34-11-8-12-36-37(28-48(2)42(34)36)33-15-18-38(46-26-33)43(57)49-20-22-52(23-21-49)62(3,60)61/h4-18,26,28,39-40,55H,1,19-25,27,29-30H2,2-3H3,(H,47,59)/t39-,40-/m0/s1. The number of piperazine rings is 2. The quantitative estimate of drug-likeness (QED) is 0.189. The van der Waals surface area contributed by atoms with E-state index in [0.717, 1.165) is 38.7 Å². The molecule has 5 heterocycles.